The Morgan fingerprint density at radius 1 is 1.14 bits per heavy atom. The Morgan fingerprint density at radius 2 is 1.90 bits per heavy atom. The topological polar surface area (TPSA) is 58.6 Å². The Morgan fingerprint density at radius 3 is 2.57 bits per heavy atom. The summed E-state index contributed by atoms with van der Waals surface area (Å²) in [5, 5.41) is 11.8. The van der Waals surface area contributed by atoms with Gasteiger partial charge in [0.15, 0.2) is 11.5 Å². The number of fused-ring (bicyclic) bond motifs is 2. The molecule has 2 N–H and O–H groups in total. The molecule has 0 radical (unpaired) electrons. The summed E-state index contributed by atoms with van der Waals surface area (Å²) in [7, 11) is 0. The molecule has 1 aliphatic rings. The molecule has 0 unspecified atom stereocenters. The molecule has 0 aromatic heterocycles. The van der Waals surface area contributed by atoms with Crippen molar-refractivity contribution in [2.24, 2.45) is 0 Å². The van der Waals surface area contributed by atoms with Crippen LogP contribution < -0.4 is 10.1 Å². The van der Waals surface area contributed by atoms with Gasteiger partial charge in [-0.25, -0.2) is 4.79 Å². The lowest BCUT2D eigenvalue weighted by molar-refractivity contribution is -0.137. The number of nitrogens with one attached hydrogen (secondary N) is 1. The number of halogens is 3. The second kappa shape index (κ2) is 4.41. The first-order chi connectivity index (χ1) is 9.86. The summed E-state index contributed by atoms with van der Waals surface area (Å²) in [4.78, 5) is 11.1. The molecule has 1 heterocycles. The standard InChI is InChI=1S/C14H8F3NO3/c15-14(16,17)7-4-5-10-9(6-7)18-12-8(13(19)20)2-1-3-11(12)21-10/h1-6,18H,(H,19,20). The van der Waals surface area contributed by atoms with Gasteiger partial charge in [-0.1, -0.05) is 6.07 Å². The van der Waals surface area contributed by atoms with Crippen LogP contribution in [0.4, 0.5) is 24.5 Å². The quantitative estimate of drug-likeness (QED) is 0.704. The minimum atomic E-state index is -4.48. The molecule has 0 fully saturated rings. The van der Waals surface area contributed by atoms with Crippen LogP contribution in [0.2, 0.25) is 0 Å². The molecule has 4 nitrogen and oxygen atoms in total. The van der Waals surface area contributed by atoms with Gasteiger partial charge in [-0.3, -0.25) is 0 Å². The van der Waals surface area contributed by atoms with Crippen LogP contribution in [0.5, 0.6) is 11.5 Å². The van der Waals surface area contributed by atoms with Crippen LogP contribution in [-0.2, 0) is 6.18 Å². The lowest BCUT2D eigenvalue weighted by Crippen LogP contribution is -2.11. The molecule has 2 aromatic carbocycles. The number of rotatable bonds is 1. The Hall–Kier alpha value is -2.70. The Bertz CT molecular complexity index is 741. The maximum Gasteiger partial charge on any atom is 0.416 e. The van der Waals surface area contributed by atoms with Gasteiger partial charge < -0.3 is 15.2 Å². The summed E-state index contributed by atoms with van der Waals surface area (Å²) in [6.45, 7) is 0. The molecule has 108 valence electrons. The molecule has 0 atom stereocenters. The third kappa shape index (κ3) is 2.26. The van der Waals surface area contributed by atoms with Crippen molar-refractivity contribution in [2.75, 3.05) is 5.32 Å². The number of hydrogen-bond acceptors (Lipinski definition) is 3. The van der Waals surface area contributed by atoms with Crippen molar-refractivity contribution in [1.82, 2.24) is 0 Å². The molecule has 2 aromatic rings. The summed E-state index contributed by atoms with van der Waals surface area (Å²) >= 11 is 0. The fourth-order valence-corrected chi connectivity index (χ4v) is 2.07. The predicted octanol–water partition coefficient (Wildman–Crippen LogP) is 4.25. The molecule has 0 saturated heterocycles. The van der Waals surface area contributed by atoms with E-state index >= 15 is 0 Å². The van der Waals surface area contributed by atoms with Crippen molar-refractivity contribution in [1.29, 1.82) is 0 Å². The van der Waals surface area contributed by atoms with E-state index in [0.717, 1.165) is 12.1 Å². The first kappa shape index (κ1) is 13.3. The van der Waals surface area contributed by atoms with Crippen molar-refractivity contribution in [3.8, 4) is 11.5 Å². The van der Waals surface area contributed by atoms with E-state index in [1.165, 1.54) is 24.3 Å². The van der Waals surface area contributed by atoms with Crippen molar-refractivity contribution < 1.29 is 27.8 Å². The van der Waals surface area contributed by atoms with Gasteiger partial charge >= 0.3 is 12.1 Å². The number of ether oxygens (including phenoxy) is 1. The van der Waals surface area contributed by atoms with E-state index in [1.807, 2.05) is 0 Å². The monoisotopic (exact) mass is 295 g/mol. The van der Waals surface area contributed by atoms with Gasteiger partial charge in [-0.2, -0.15) is 13.2 Å². The zero-order valence-electron chi connectivity index (χ0n) is 10.4. The van der Waals surface area contributed by atoms with E-state index < -0.39 is 17.7 Å². The fourth-order valence-electron chi connectivity index (χ4n) is 2.07. The Balaban J connectivity index is 2.08. The highest BCUT2D eigenvalue weighted by atomic mass is 19.4. The van der Waals surface area contributed by atoms with E-state index in [1.54, 1.807) is 0 Å². The molecular weight excluding hydrogens is 287 g/mol. The highest BCUT2D eigenvalue weighted by molar-refractivity contribution is 5.98. The molecule has 0 saturated carbocycles. The number of alkyl halides is 3. The lowest BCUT2D eigenvalue weighted by atomic mass is 10.1. The minimum absolute atomic E-state index is 0.0736. The van der Waals surface area contributed by atoms with E-state index in [4.69, 9.17) is 9.84 Å². The van der Waals surface area contributed by atoms with Crippen LogP contribution in [-0.4, -0.2) is 11.1 Å². The second-order valence-electron chi connectivity index (χ2n) is 4.42. The second-order valence-corrected chi connectivity index (χ2v) is 4.42. The van der Waals surface area contributed by atoms with Crippen LogP contribution in [0.25, 0.3) is 0 Å². The van der Waals surface area contributed by atoms with Gasteiger partial charge in [-0.05, 0) is 30.3 Å². The smallest absolute Gasteiger partial charge is 0.416 e. The summed E-state index contributed by atoms with van der Waals surface area (Å²) < 4.78 is 43.5. The first-order valence-corrected chi connectivity index (χ1v) is 5.88. The number of carboxylic acids is 1. The number of hydrogen-bond donors (Lipinski definition) is 2. The molecule has 7 heteroatoms. The SMILES string of the molecule is O=C(O)c1cccc2c1Nc1cc(C(F)(F)F)ccc1O2. The van der Waals surface area contributed by atoms with E-state index in [0.29, 0.717) is 0 Å². The fraction of sp³-hybridized carbons (Fsp3) is 0.0714. The molecule has 0 aliphatic carbocycles. The third-order valence-corrected chi connectivity index (χ3v) is 3.04. The lowest BCUT2D eigenvalue weighted by Gasteiger charge is -2.23. The minimum Gasteiger partial charge on any atom is -0.478 e. The summed E-state index contributed by atoms with van der Waals surface area (Å²) in [6.07, 6.45) is -4.48. The van der Waals surface area contributed by atoms with E-state index in [9.17, 15) is 18.0 Å². The van der Waals surface area contributed by atoms with Crippen molar-refractivity contribution in [2.45, 2.75) is 6.18 Å². The number of aromatic carboxylic acids is 1. The summed E-state index contributed by atoms with van der Waals surface area (Å²) in [6, 6.07) is 7.37. The molecule has 21 heavy (non-hydrogen) atoms. The normalized spacial score (nSPS) is 12.7. The first-order valence-electron chi connectivity index (χ1n) is 5.88. The zero-order chi connectivity index (χ0) is 15.2. The molecule has 3 rings (SSSR count). The van der Waals surface area contributed by atoms with E-state index in [-0.39, 0.29) is 28.4 Å². The summed E-state index contributed by atoms with van der Waals surface area (Å²) in [5.74, 6) is -0.737. The summed E-state index contributed by atoms with van der Waals surface area (Å²) in [5.41, 5.74) is -0.702. The van der Waals surface area contributed by atoms with Crippen LogP contribution in [0.15, 0.2) is 36.4 Å². The average Bonchev–Trinajstić information content (AvgIpc) is 2.42. The largest absolute Gasteiger partial charge is 0.478 e. The third-order valence-electron chi connectivity index (χ3n) is 3.04. The Labute approximate surface area is 116 Å². The number of anilines is 2. The van der Waals surface area contributed by atoms with Crippen LogP contribution in [0.3, 0.4) is 0 Å². The molecule has 0 bridgehead atoms. The predicted molar refractivity (Wildman–Crippen MR) is 68.2 cm³/mol. The average molecular weight is 295 g/mol. The van der Waals surface area contributed by atoms with Gasteiger partial charge in [0.25, 0.3) is 0 Å². The highest BCUT2D eigenvalue weighted by Gasteiger charge is 2.32. The van der Waals surface area contributed by atoms with Crippen molar-refractivity contribution in [3.05, 3.63) is 47.5 Å². The van der Waals surface area contributed by atoms with Crippen molar-refractivity contribution >= 4 is 17.3 Å². The zero-order valence-corrected chi connectivity index (χ0v) is 10.4. The van der Waals surface area contributed by atoms with Gasteiger partial charge in [0.1, 0.15) is 0 Å². The van der Waals surface area contributed by atoms with Crippen molar-refractivity contribution in [3.63, 3.8) is 0 Å². The maximum absolute atomic E-state index is 12.7. The van der Waals surface area contributed by atoms with Crippen LogP contribution >= 0.6 is 0 Å². The van der Waals surface area contributed by atoms with Gasteiger partial charge in [-0.15, -0.1) is 0 Å². The number of carbonyl (C=O) groups is 1. The van der Waals surface area contributed by atoms with Crippen LogP contribution in [0, 0.1) is 0 Å². The van der Waals surface area contributed by atoms with E-state index in [2.05, 4.69) is 5.32 Å². The van der Waals surface area contributed by atoms with Gasteiger partial charge in [0.05, 0.1) is 22.5 Å². The number of carboxylic acid groups (broad SMARTS) is 1. The molecule has 0 spiro atoms. The number of benzene rings is 2. The Kier molecular flexibility index (Phi) is 2.79. The van der Waals surface area contributed by atoms with Gasteiger partial charge in [0, 0.05) is 0 Å². The number of para-hydroxylation sites is 1. The molecule has 1 aliphatic heterocycles. The molecular formula is C14H8F3NO3. The highest BCUT2D eigenvalue weighted by Crippen LogP contribution is 2.45. The van der Waals surface area contributed by atoms with Gasteiger partial charge in [0.2, 0.25) is 0 Å². The maximum atomic E-state index is 12.7. The molecule has 0 amide bonds. The van der Waals surface area contributed by atoms with Crippen LogP contribution in [0.1, 0.15) is 15.9 Å².